The van der Waals surface area contributed by atoms with E-state index in [2.05, 4.69) is 0 Å². The van der Waals surface area contributed by atoms with Crippen molar-refractivity contribution in [3.8, 4) is 0 Å². The zero-order valence-corrected chi connectivity index (χ0v) is 12.4. The number of amides is 2. The molecule has 2 amide bonds. The zero-order valence-electron chi connectivity index (χ0n) is 12.4. The largest absolute Gasteiger partial charge is 0.399 e. The fourth-order valence-corrected chi connectivity index (χ4v) is 1.77. The van der Waals surface area contributed by atoms with Crippen LogP contribution >= 0.6 is 0 Å². The molecule has 1 rings (SSSR count). The summed E-state index contributed by atoms with van der Waals surface area (Å²) in [5.41, 5.74) is 7.40. The molecule has 0 spiro atoms. The maximum Gasteiger partial charge on any atom is 0.241 e. The van der Waals surface area contributed by atoms with E-state index in [1.54, 1.807) is 19.0 Å². The van der Waals surface area contributed by atoms with Crippen LogP contribution in [0, 0.1) is 0 Å². The fraction of sp³-hybridized carbons (Fsp3) is 0.467. The van der Waals surface area contributed by atoms with Crippen molar-refractivity contribution >= 4 is 17.5 Å². The van der Waals surface area contributed by atoms with E-state index in [4.69, 9.17) is 5.73 Å². The van der Waals surface area contributed by atoms with E-state index in [9.17, 15) is 9.59 Å². The van der Waals surface area contributed by atoms with Gasteiger partial charge in [-0.2, -0.15) is 0 Å². The van der Waals surface area contributed by atoms with Crippen molar-refractivity contribution in [1.29, 1.82) is 0 Å². The van der Waals surface area contributed by atoms with Crippen LogP contribution in [0.25, 0.3) is 0 Å². The maximum atomic E-state index is 12.1. The van der Waals surface area contributed by atoms with Crippen LogP contribution in [0.4, 0.5) is 5.69 Å². The molecular weight excluding hydrogens is 254 g/mol. The molecule has 5 heteroatoms. The molecule has 0 aliphatic heterocycles. The van der Waals surface area contributed by atoms with Crippen LogP contribution in [0.15, 0.2) is 24.3 Å². The van der Waals surface area contributed by atoms with Gasteiger partial charge in [0.1, 0.15) is 0 Å². The number of carbonyl (C=O) groups excluding carboxylic acids is 2. The molecule has 0 aromatic heterocycles. The number of benzene rings is 1. The van der Waals surface area contributed by atoms with Crippen LogP contribution in [0.3, 0.4) is 0 Å². The molecule has 0 radical (unpaired) electrons. The second kappa shape index (κ2) is 7.53. The summed E-state index contributed by atoms with van der Waals surface area (Å²) in [6, 6.07) is 7.49. The average molecular weight is 277 g/mol. The minimum absolute atomic E-state index is 0.000440. The number of nitrogen functional groups attached to an aromatic ring is 1. The first kappa shape index (κ1) is 16.0. The third-order valence-electron chi connectivity index (χ3n) is 3.17. The molecule has 0 aliphatic rings. The molecule has 20 heavy (non-hydrogen) atoms. The van der Waals surface area contributed by atoms with Gasteiger partial charge in [0, 0.05) is 32.7 Å². The Hall–Kier alpha value is -2.04. The minimum atomic E-state index is -0.0623. The number of likely N-dealkylation sites (N-methyl/N-ethyl adjacent to an activating group) is 2. The second-order valence-electron chi connectivity index (χ2n) is 4.94. The van der Waals surface area contributed by atoms with E-state index in [1.165, 1.54) is 4.90 Å². The van der Waals surface area contributed by atoms with Gasteiger partial charge in [0.15, 0.2) is 0 Å². The second-order valence-corrected chi connectivity index (χ2v) is 4.94. The van der Waals surface area contributed by atoms with Crippen LogP contribution in [0.1, 0.15) is 18.9 Å². The Balaban J connectivity index is 2.51. The number of hydrogen-bond acceptors (Lipinski definition) is 3. The molecule has 0 fully saturated rings. The van der Waals surface area contributed by atoms with Crippen LogP contribution < -0.4 is 5.73 Å². The molecule has 0 bridgehead atoms. The van der Waals surface area contributed by atoms with Crippen LogP contribution in [-0.4, -0.2) is 48.8 Å². The summed E-state index contributed by atoms with van der Waals surface area (Å²) in [6.07, 6.45) is 1.06. The molecule has 0 aliphatic carbocycles. The van der Waals surface area contributed by atoms with Crippen LogP contribution in [0.5, 0.6) is 0 Å². The number of nitrogens with two attached hydrogens (primary N) is 1. The normalized spacial score (nSPS) is 10.2. The van der Waals surface area contributed by atoms with Gasteiger partial charge in [0.05, 0.1) is 6.54 Å². The van der Waals surface area contributed by atoms with Crippen molar-refractivity contribution in [1.82, 2.24) is 9.80 Å². The van der Waals surface area contributed by atoms with Gasteiger partial charge in [-0.05, 0) is 31.0 Å². The standard InChI is InChI=1S/C15H23N3O2/c1-4-18(11-15(20)17(2)3)14(19)10-7-12-5-8-13(16)9-6-12/h5-6,8-9H,4,7,10-11,16H2,1-3H3. The van der Waals surface area contributed by atoms with E-state index in [0.717, 1.165) is 5.56 Å². The first-order valence-corrected chi connectivity index (χ1v) is 6.76. The minimum Gasteiger partial charge on any atom is -0.399 e. The molecule has 1 aromatic carbocycles. The Labute approximate surface area is 120 Å². The molecule has 0 saturated heterocycles. The monoisotopic (exact) mass is 277 g/mol. The van der Waals surface area contributed by atoms with Gasteiger partial charge in [-0.15, -0.1) is 0 Å². The SMILES string of the molecule is CCN(CC(=O)N(C)C)C(=O)CCc1ccc(N)cc1. The van der Waals surface area contributed by atoms with Crippen molar-refractivity contribution in [3.63, 3.8) is 0 Å². The van der Waals surface area contributed by atoms with Gasteiger partial charge in [0.2, 0.25) is 11.8 Å². The predicted molar refractivity (Wildman–Crippen MR) is 80.1 cm³/mol. The highest BCUT2D eigenvalue weighted by Crippen LogP contribution is 2.09. The van der Waals surface area contributed by atoms with Gasteiger partial charge in [0.25, 0.3) is 0 Å². The third-order valence-corrected chi connectivity index (χ3v) is 3.17. The Morgan fingerprint density at radius 3 is 2.20 bits per heavy atom. The molecule has 0 atom stereocenters. The van der Waals surface area contributed by atoms with E-state index >= 15 is 0 Å². The highest BCUT2D eigenvalue weighted by Gasteiger charge is 2.16. The van der Waals surface area contributed by atoms with Gasteiger partial charge in [-0.3, -0.25) is 9.59 Å². The first-order chi connectivity index (χ1) is 9.43. The van der Waals surface area contributed by atoms with Crippen LogP contribution in [0.2, 0.25) is 0 Å². The van der Waals surface area contributed by atoms with E-state index in [0.29, 0.717) is 25.1 Å². The van der Waals surface area contributed by atoms with E-state index < -0.39 is 0 Å². The Morgan fingerprint density at radius 1 is 1.10 bits per heavy atom. The number of nitrogens with zero attached hydrogens (tertiary/aromatic N) is 2. The topological polar surface area (TPSA) is 66.6 Å². The van der Waals surface area contributed by atoms with Crippen molar-refractivity contribution in [2.75, 3.05) is 32.9 Å². The summed E-state index contributed by atoms with van der Waals surface area (Å²) < 4.78 is 0. The summed E-state index contributed by atoms with van der Waals surface area (Å²) in [7, 11) is 3.38. The molecule has 0 heterocycles. The smallest absolute Gasteiger partial charge is 0.241 e. The summed E-state index contributed by atoms with van der Waals surface area (Å²) in [5.74, 6) is -0.0628. The summed E-state index contributed by atoms with van der Waals surface area (Å²) in [5, 5.41) is 0. The summed E-state index contributed by atoms with van der Waals surface area (Å²) >= 11 is 0. The zero-order chi connectivity index (χ0) is 15.1. The van der Waals surface area contributed by atoms with Gasteiger partial charge >= 0.3 is 0 Å². The predicted octanol–water partition coefficient (Wildman–Crippen LogP) is 1.14. The molecule has 0 saturated carbocycles. The quantitative estimate of drug-likeness (QED) is 0.793. The van der Waals surface area contributed by atoms with Gasteiger partial charge in [-0.1, -0.05) is 12.1 Å². The molecule has 110 valence electrons. The molecule has 2 N–H and O–H groups in total. The van der Waals surface area contributed by atoms with Crippen molar-refractivity contribution < 1.29 is 9.59 Å². The number of rotatable bonds is 6. The van der Waals surface area contributed by atoms with Gasteiger partial charge in [-0.25, -0.2) is 0 Å². The lowest BCUT2D eigenvalue weighted by atomic mass is 10.1. The average Bonchev–Trinajstić information content (AvgIpc) is 2.43. The Morgan fingerprint density at radius 2 is 1.70 bits per heavy atom. The lowest BCUT2D eigenvalue weighted by Crippen LogP contribution is -2.40. The highest BCUT2D eigenvalue weighted by atomic mass is 16.2. The molecule has 1 aromatic rings. The Kier molecular flexibility index (Phi) is 6.03. The van der Waals surface area contributed by atoms with Crippen molar-refractivity contribution in [2.45, 2.75) is 19.8 Å². The third kappa shape index (κ3) is 4.91. The summed E-state index contributed by atoms with van der Waals surface area (Å²) in [6.45, 7) is 2.56. The number of aryl methyl sites for hydroxylation is 1. The van der Waals surface area contributed by atoms with Crippen molar-refractivity contribution in [3.05, 3.63) is 29.8 Å². The molecule has 0 unspecified atom stereocenters. The number of anilines is 1. The van der Waals surface area contributed by atoms with Crippen LogP contribution in [-0.2, 0) is 16.0 Å². The lowest BCUT2D eigenvalue weighted by Gasteiger charge is -2.22. The lowest BCUT2D eigenvalue weighted by molar-refractivity contribution is -0.139. The number of hydrogen-bond donors (Lipinski definition) is 1. The fourth-order valence-electron chi connectivity index (χ4n) is 1.77. The summed E-state index contributed by atoms with van der Waals surface area (Å²) in [4.78, 5) is 26.8. The number of carbonyl (C=O) groups is 2. The molecular formula is C15H23N3O2. The maximum absolute atomic E-state index is 12.1. The van der Waals surface area contributed by atoms with E-state index in [-0.39, 0.29) is 18.4 Å². The van der Waals surface area contributed by atoms with Crippen molar-refractivity contribution in [2.24, 2.45) is 0 Å². The highest BCUT2D eigenvalue weighted by molar-refractivity contribution is 5.84. The first-order valence-electron chi connectivity index (χ1n) is 6.76. The van der Waals surface area contributed by atoms with E-state index in [1.807, 2.05) is 31.2 Å². The van der Waals surface area contributed by atoms with Gasteiger partial charge < -0.3 is 15.5 Å². The Bertz CT molecular complexity index is 455. The molecule has 5 nitrogen and oxygen atoms in total.